The fraction of sp³-hybridized carbons (Fsp3) is 0.833. The minimum absolute atomic E-state index is 0.0620. The summed E-state index contributed by atoms with van der Waals surface area (Å²) in [6.45, 7) is 4.16. The molecule has 0 bridgehead atoms. The fourth-order valence-electron chi connectivity index (χ4n) is 1.97. The zero-order chi connectivity index (χ0) is 16.0. The van der Waals surface area contributed by atoms with Crippen molar-refractivity contribution in [2.45, 2.75) is 26.1 Å². The Balaban J connectivity index is 2.28. The summed E-state index contributed by atoms with van der Waals surface area (Å²) in [6, 6.07) is -0.662. The molecule has 0 spiro atoms. The molecule has 122 valence electrons. The molecule has 0 aromatic rings. The first-order chi connectivity index (χ1) is 9.67. The van der Waals surface area contributed by atoms with Crippen LogP contribution in [-0.4, -0.2) is 73.2 Å². The van der Waals surface area contributed by atoms with Crippen LogP contribution in [0.5, 0.6) is 0 Å². The Bertz CT molecular complexity index is 366. The Morgan fingerprint density at radius 1 is 1.14 bits per heavy atom. The molecule has 1 saturated heterocycles. The first-order valence-corrected chi connectivity index (χ1v) is 6.78. The van der Waals surface area contributed by atoms with E-state index < -0.39 is 18.8 Å². The predicted octanol–water partition coefficient (Wildman–Crippen LogP) is 0.400. The molecule has 0 unspecified atom stereocenters. The number of halogens is 3. The van der Waals surface area contributed by atoms with Gasteiger partial charge in [-0.3, -0.25) is 9.69 Å². The van der Waals surface area contributed by atoms with Gasteiger partial charge in [0, 0.05) is 32.2 Å². The van der Waals surface area contributed by atoms with Crippen LogP contribution in [0.4, 0.5) is 18.0 Å². The Labute approximate surface area is 121 Å². The molecule has 0 radical (unpaired) electrons. The molecule has 0 aromatic heterocycles. The van der Waals surface area contributed by atoms with E-state index in [0.717, 1.165) is 0 Å². The summed E-state index contributed by atoms with van der Waals surface area (Å²) in [7, 11) is 0. The number of nitrogens with zero attached hydrogens (tertiary/aromatic N) is 2. The van der Waals surface area contributed by atoms with Gasteiger partial charge in [-0.15, -0.1) is 0 Å². The first kappa shape index (κ1) is 17.5. The summed E-state index contributed by atoms with van der Waals surface area (Å²) in [5.41, 5.74) is 0. The second kappa shape index (κ2) is 7.48. The summed E-state index contributed by atoms with van der Waals surface area (Å²) in [4.78, 5) is 26.3. The Morgan fingerprint density at radius 3 is 2.19 bits per heavy atom. The highest BCUT2D eigenvalue weighted by Gasteiger charge is 2.29. The normalized spacial score (nSPS) is 17.0. The Kier molecular flexibility index (Phi) is 6.25. The maximum absolute atomic E-state index is 12.0. The van der Waals surface area contributed by atoms with E-state index in [-0.39, 0.29) is 18.5 Å². The van der Waals surface area contributed by atoms with Crippen LogP contribution in [0.15, 0.2) is 0 Å². The van der Waals surface area contributed by atoms with Crippen molar-refractivity contribution < 1.29 is 22.8 Å². The van der Waals surface area contributed by atoms with E-state index in [9.17, 15) is 22.8 Å². The lowest BCUT2D eigenvalue weighted by Crippen LogP contribution is -2.54. The van der Waals surface area contributed by atoms with Gasteiger partial charge in [0.25, 0.3) is 0 Å². The molecule has 1 fully saturated rings. The fourth-order valence-corrected chi connectivity index (χ4v) is 1.97. The standard InChI is InChI=1S/C12H21F3N4O2/c1-9(2)17-10(20)7-18-3-5-19(6-4-18)11(21)16-8-12(13,14)15/h9H,3-8H2,1-2H3,(H,16,21)(H,17,20). The number of piperazine rings is 1. The number of urea groups is 1. The Morgan fingerprint density at radius 2 is 1.71 bits per heavy atom. The van der Waals surface area contributed by atoms with Gasteiger partial charge in [0.2, 0.25) is 5.91 Å². The van der Waals surface area contributed by atoms with Gasteiger partial charge >= 0.3 is 12.2 Å². The molecule has 2 N–H and O–H groups in total. The number of hydrogen-bond donors (Lipinski definition) is 2. The number of nitrogens with one attached hydrogen (secondary N) is 2. The van der Waals surface area contributed by atoms with Crippen LogP contribution in [0.3, 0.4) is 0 Å². The van der Waals surface area contributed by atoms with Crippen LogP contribution in [0, 0.1) is 0 Å². The van der Waals surface area contributed by atoms with Crippen LogP contribution < -0.4 is 10.6 Å². The van der Waals surface area contributed by atoms with Crippen LogP contribution in [0.2, 0.25) is 0 Å². The molecule has 1 aliphatic rings. The minimum atomic E-state index is -4.41. The highest BCUT2D eigenvalue weighted by molar-refractivity contribution is 5.78. The maximum Gasteiger partial charge on any atom is 0.405 e. The number of amides is 3. The van der Waals surface area contributed by atoms with E-state index >= 15 is 0 Å². The summed E-state index contributed by atoms with van der Waals surface area (Å²) < 4.78 is 36.0. The highest BCUT2D eigenvalue weighted by atomic mass is 19.4. The van der Waals surface area contributed by atoms with Gasteiger partial charge < -0.3 is 15.5 Å². The number of carbonyl (C=O) groups excluding carboxylic acids is 2. The third-order valence-electron chi connectivity index (χ3n) is 2.92. The third-order valence-corrected chi connectivity index (χ3v) is 2.92. The van der Waals surface area contributed by atoms with E-state index in [2.05, 4.69) is 5.32 Å². The van der Waals surface area contributed by atoms with Crippen molar-refractivity contribution in [2.75, 3.05) is 39.3 Å². The second-order valence-corrected chi connectivity index (χ2v) is 5.26. The van der Waals surface area contributed by atoms with Gasteiger partial charge in [0.05, 0.1) is 6.54 Å². The summed E-state index contributed by atoms with van der Waals surface area (Å²) in [5.74, 6) is -0.0972. The SMILES string of the molecule is CC(C)NC(=O)CN1CCN(C(=O)NCC(F)(F)F)CC1. The van der Waals surface area contributed by atoms with E-state index in [0.29, 0.717) is 26.2 Å². The molecule has 0 aromatic carbocycles. The van der Waals surface area contributed by atoms with Crippen LogP contribution in [-0.2, 0) is 4.79 Å². The molecule has 21 heavy (non-hydrogen) atoms. The predicted molar refractivity (Wildman–Crippen MR) is 70.7 cm³/mol. The van der Waals surface area contributed by atoms with Gasteiger partial charge in [-0.05, 0) is 13.8 Å². The molecule has 0 atom stereocenters. The highest BCUT2D eigenvalue weighted by Crippen LogP contribution is 2.12. The number of carbonyl (C=O) groups is 2. The van der Waals surface area contributed by atoms with Crippen molar-refractivity contribution >= 4 is 11.9 Å². The van der Waals surface area contributed by atoms with Crippen LogP contribution in [0.1, 0.15) is 13.8 Å². The molecule has 1 rings (SSSR count). The van der Waals surface area contributed by atoms with Gasteiger partial charge in [-0.1, -0.05) is 0 Å². The average molecular weight is 310 g/mol. The van der Waals surface area contributed by atoms with Gasteiger partial charge in [0.1, 0.15) is 6.54 Å². The summed E-state index contributed by atoms with van der Waals surface area (Å²) in [6.07, 6.45) is -4.41. The maximum atomic E-state index is 12.0. The van der Waals surface area contributed by atoms with E-state index in [4.69, 9.17) is 0 Å². The van der Waals surface area contributed by atoms with Crippen molar-refractivity contribution in [3.63, 3.8) is 0 Å². The monoisotopic (exact) mass is 310 g/mol. The van der Waals surface area contributed by atoms with E-state index in [1.54, 1.807) is 0 Å². The molecule has 0 aliphatic carbocycles. The topological polar surface area (TPSA) is 64.7 Å². The van der Waals surface area contributed by atoms with Crippen molar-refractivity contribution in [3.8, 4) is 0 Å². The molecule has 9 heteroatoms. The zero-order valence-corrected chi connectivity index (χ0v) is 12.2. The minimum Gasteiger partial charge on any atom is -0.353 e. The second-order valence-electron chi connectivity index (χ2n) is 5.26. The summed E-state index contributed by atoms with van der Waals surface area (Å²) >= 11 is 0. The van der Waals surface area contributed by atoms with Gasteiger partial charge in [-0.25, -0.2) is 4.79 Å². The average Bonchev–Trinajstić information content (AvgIpc) is 2.35. The largest absolute Gasteiger partial charge is 0.405 e. The lowest BCUT2D eigenvalue weighted by molar-refractivity contribution is -0.124. The molecular weight excluding hydrogens is 289 g/mol. The smallest absolute Gasteiger partial charge is 0.353 e. The lowest BCUT2D eigenvalue weighted by Gasteiger charge is -2.34. The number of rotatable bonds is 4. The Hall–Kier alpha value is -1.51. The van der Waals surface area contributed by atoms with Crippen molar-refractivity contribution in [1.82, 2.24) is 20.4 Å². The van der Waals surface area contributed by atoms with Crippen molar-refractivity contribution in [1.29, 1.82) is 0 Å². The number of hydrogen-bond acceptors (Lipinski definition) is 3. The zero-order valence-electron chi connectivity index (χ0n) is 12.2. The number of alkyl halides is 3. The van der Waals surface area contributed by atoms with Crippen molar-refractivity contribution in [2.24, 2.45) is 0 Å². The van der Waals surface area contributed by atoms with E-state index in [1.165, 1.54) is 4.90 Å². The van der Waals surface area contributed by atoms with E-state index in [1.807, 2.05) is 24.1 Å². The third kappa shape index (κ3) is 7.16. The first-order valence-electron chi connectivity index (χ1n) is 6.78. The van der Waals surface area contributed by atoms with Crippen molar-refractivity contribution in [3.05, 3.63) is 0 Å². The van der Waals surface area contributed by atoms with Gasteiger partial charge in [0.15, 0.2) is 0 Å². The lowest BCUT2D eigenvalue weighted by atomic mass is 10.3. The molecule has 6 nitrogen and oxygen atoms in total. The van der Waals surface area contributed by atoms with Crippen LogP contribution >= 0.6 is 0 Å². The van der Waals surface area contributed by atoms with Crippen LogP contribution in [0.25, 0.3) is 0 Å². The quantitative estimate of drug-likeness (QED) is 0.790. The molecule has 1 aliphatic heterocycles. The van der Waals surface area contributed by atoms with Gasteiger partial charge in [-0.2, -0.15) is 13.2 Å². The molecule has 3 amide bonds. The molecule has 1 heterocycles. The summed E-state index contributed by atoms with van der Waals surface area (Å²) in [5, 5.41) is 4.60. The molecular formula is C12H21F3N4O2. The molecule has 0 saturated carbocycles.